The molecule has 3 N–H and O–H groups in total. The Morgan fingerprint density at radius 1 is 1.03 bits per heavy atom. The third kappa shape index (κ3) is 6.33. The summed E-state index contributed by atoms with van der Waals surface area (Å²) in [5.74, 6) is -0.527. The Morgan fingerprint density at radius 2 is 1.73 bits per heavy atom. The van der Waals surface area contributed by atoms with Crippen LogP contribution in [0.1, 0.15) is 25.5 Å². The molecule has 0 radical (unpaired) electrons. The maximum atomic E-state index is 12.9. The van der Waals surface area contributed by atoms with Crippen LogP contribution in [-0.2, 0) is 9.53 Å². The molecule has 3 aromatic rings. The van der Waals surface area contributed by atoms with Crippen molar-refractivity contribution in [3.63, 3.8) is 0 Å². The van der Waals surface area contributed by atoms with E-state index in [0.717, 1.165) is 16.8 Å². The maximum absolute atomic E-state index is 12.9. The molecule has 172 valence electrons. The van der Waals surface area contributed by atoms with Gasteiger partial charge in [-0.2, -0.15) is 0 Å². The highest BCUT2D eigenvalue weighted by Crippen LogP contribution is 2.39. The molecule has 0 heterocycles. The molecule has 0 bridgehead atoms. The van der Waals surface area contributed by atoms with Crippen LogP contribution >= 0.6 is 0 Å². The summed E-state index contributed by atoms with van der Waals surface area (Å²) < 4.78 is 11.2. The molecule has 0 unspecified atom stereocenters. The second-order valence-corrected chi connectivity index (χ2v) is 8.07. The van der Waals surface area contributed by atoms with Crippen molar-refractivity contribution >= 4 is 28.5 Å². The molecular weight excluding hydrogens is 422 g/mol. The number of hydrogen-bond acceptors (Lipinski definition) is 5. The second kappa shape index (κ2) is 10.7. The molecule has 0 saturated heterocycles. The van der Waals surface area contributed by atoms with Gasteiger partial charge in [0.15, 0.2) is 0 Å². The Labute approximate surface area is 192 Å². The number of hydrogen-bond donors (Lipinski definition) is 3. The number of nitrogens with one attached hydrogen (secondary N) is 1. The lowest BCUT2D eigenvalue weighted by atomic mass is 9.82. The Morgan fingerprint density at radius 3 is 2.42 bits per heavy atom. The molecule has 0 aliphatic carbocycles. The number of ether oxygens (including phenoxy) is 2. The lowest BCUT2D eigenvalue weighted by Gasteiger charge is -2.31. The highest BCUT2D eigenvalue weighted by Gasteiger charge is 2.32. The fourth-order valence-corrected chi connectivity index (χ4v) is 3.51. The molecule has 0 aromatic heterocycles. The first kappa shape index (κ1) is 23.8. The van der Waals surface area contributed by atoms with E-state index in [9.17, 15) is 9.59 Å². The van der Waals surface area contributed by atoms with Crippen LogP contribution < -0.4 is 10.1 Å². The minimum Gasteiger partial charge on any atom is -0.491 e. The van der Waals surface area contributed by atoms with Crippen LogP contribution in [0.25, 0.3) is 10.8 Å². The molecule has 3 aromatic carbocycles. The summed E-state index contributed by atoms with van der Waals surface area (Å²) in [6.45, 7) is 3.64. The lowest BCUT2D eigenvalue weighted by Crippen LogP contribution is -2.28. The quantitative estimate of drug-likeness (QED) is 0.389. The first-order chi connectivity index (χ1) is 15.8. The molecule has 33 heavy (non-hydrogen) atoms. The van der Waals surface area contributed by atoms with Crippen molar-refractivity contribution in [3.8, 4) is 5.75 Å². The van der Waals surface area contributed by atoms with Gasteiger partial charge in [0.2, 0.25) is 0 Å². The van der Waals surface area contributed by atoms with Gasteiger partial charge in [0.1, 0.15) is 18.5 Å². The number of anilines is 1. The van der Waals surface area contributed by atoms with E-state index in [1.165, 1.54) is 6.08 Å². The molecule has 0 aliphatic heterocycles. The zero-order valence-electron chi connectivity index (χ0n) is 18.5. The monoisotopic (exact) mass is 449 g/mol. The molecular formula is C26H27NO6. The van der Waals surface area contributed by atoms with Crippen LogP contribution in [0, 0.1) is 5.41 Å². The normalized spacial score (nSPS) is 12.5. The number of benzene rings is 3. The van der Waals surface area contributed by atoms with Gasteiger partial charge in [-0.15, -0.1) is 0 Å². The Balaban J connectivity index is 1.87. The molecule has 0 saturated carbocycles. The summed E-state index contributed by atoms with van der Waals surface area (Å²) in [4.78, 5) is 24.0. The van der Waals surface area contributed by atoms with E-state index in [-0.39, 0.29) is 13.2 Å². The second-order valence-electron chi connectivity index (χ2n) is 8.07. The summed E-state index contributed by atoms with van der Waals surface area (Å²) in [6.07, 6.45) is 1.10. The third-order valence-corrected chi connectivity index (χ3v) is 5.13. The number of carboxylic acids is 1. The van der Waals surface area contributed by atoms with Crippen LogP contribution in [0.4, 0.5) is 10.5 Å². The van der Waals surface area contributed by atoms with Gasteiger partial charge in [0, 0.05) is 16.9 Å². The molecule has 0 aliphatic rings. The number of aliphatic hydroxyl groups excluding tert-OH is 1. The van der Waals surface area contributed by atoms with Crippen molar-refractivity contribution in [2.24, 2.45) is 5.41 Å². The van der Waals surface area contributed by atoms with Gasteiger partial charge in [-0.25, -0.2) is 9.59 Å². The van der Waals surface area contributed by atoms with Crippen molar-refractivity contribution in [2.75, 3.05) is 18.5 Å². The Kier molecular flexibility index (Phi) is 7.69. The Bertz CT molecular complexity index is 1130. The van der Waals surface area contributed by atoms with Crippen LogP contribution in [0.3, 0.4) is 0 Å². The fourth-order valence-electron chi connectivity index (χ4n) is 3.51. The van der Waals surface area contributed by atoms with Crippen molar-refractivity contribution in [1.82, 2.24) is 0 Å². The number of carbonyl (C=O) groups excluding carboxylic acids is 1. The zero-order valence-corrected chi connectivity index (χ0v) is 18.5. The highest BCUT2D eigenvalue weighted by molar-refractivity contribution is 6.00. The van der Waals surface area contributed by atoms with Gasteiger partial charge in [-0.05, 0) is 29.1 Å². The molecule has 7 heteroatoms. The predicted octanol–water partition coefficient (Wildman–Crippen LogP) is 5.17. The van der Waals surface area contributed by atoms with Gasteiger partial charge in [-0.3, -0.25) is 5.32 Å². The van der Waals surface area contributed by atoms with Gasteiger partial charge in [-0.1, -0.05) is 68.5 Å². The van der Waals surface area contributed by atoms with E-state index >= 15 is 0 Å². The van der Waals surface area contributed by atoms with Gasteiger partial charge in [0.05, 0.1) is 12.3 Å². The number of aliphatic carboxylic acids is 1. The summed E-state index contributed by atoms with van der Waals surface area (Å²) in [5, 5.41) is 22.7. The summed E-state index contributed by atoms with van der Waals surface area (Å²) in [7, 11) is 0. The molecule has 3 rings (SSSR count). The lowest BCUT2D eigenvalue weighted by molar-refractivity contribution is -0.131. The first-order valence-corrected chi connectivity index (χ1v) is 10.5. The zero-order chi connectivity index (χ0) is 23.8. The van der Waals surface area contributed by atoms with E-state index in [0.29, 0.717) is 17.0 Å². The average molecular weight is 450 g/mol. The third-order valence-electron chi connectivity index (χ3n) is 5.13. The molecule has 0 fully saturated rings. The van der Waals surface area contributed by atoms with Crippen LogP contribution in [0.15, 0.2) is 78.9 Å². The topological polar surface area (TPSA) is 105 Å². The Hall–Kier alpha value is -3.84. The van der Waals surface area contributed by atoms with Gasteiger partial charge < -0.3 is 19.7 Å². The number of fused-ring (bicyclic) bond motifs is 1. The highest BCUT2D eigenvalue weighted by atomic mass is 16.6. The molecule has 7 nitrogen and oxygen atoms in total. The maximum Gasteiger partial charge on any atom is 0.412 e. The number of carboxylic acid groups (broad SMARTS) is 1. The minimum absolute atomic E-state index is 0.102. The van der Waals surface area contributed by atoms with Crippen LogP contribution in [-0.4, -0.2) is 35.5 Å². The van der Waals surface area contributed by atoms with Crippen molar-refractivity contribution < 1.29 is 29.3 Å². The van der Waals surface area contributed by atoms with Gasteiger partial charge >= 0.3 is 12.1 Å². The molecule has 1 atom stereocenters. The summed E-state index contributed by atoms with van der Waals surface area (Å²) >= 11 is 0. The smallest absolute Gasteiger partial charge is 0.412 e. The van der Waals surface area contributed by atoms with Crippen LogP contribution in [0.5, 0.6) is 5.75 Å². The largest absolute Gasteiger partial charge is 0.491 e. The number of amides is 1. The summed E-state index contributed by atoms with van der Waals surface area (Å²) in [5.41, 5.74) is 0.449. The van der Waals surface area contributed by atoms with Gasteiger partial charge in [0.25, 0.3) is 0 Å². The number of carbonyl (C=O) groups is 2. The van der Waals surface area contributed by atoms with E-state index < -0.39 is 23.6 Å². The van der Waals surface area contributed by atoms with Crippen molar-refractivity contribution in [2.45, 2.75) is 20.0 Å². The minimum atomic E-state index is -1.09. The summed E-state index contributed by atoms with van der Waals surface area (Å²) in [6, 6.07) is 20.2. The van der Waals surface area contributed by atoms with E-state index in [4.69, 9.17) is 19.7 Å². The number of aliphatic hydroxyl groups is 1. The van der Waals surface area contributed by atoms with E-state index in [1.807, 2.05) is 36.4 Å². The van der Waals surface area contributed by atoms with Crippen molar-refractivity contribution in [1.29, 1.82) is 0 Å². The molecule has 1 amide bonds. The fraction of sp³-hybridized carbons (Fsp3) is 0.231. The van der Waals surface area contributed by atoms with Crippen molar-refractivity contribution in [3.05, 3.63) is 84.4 Å². The molecule has 0 spiro atoms. The average Bonchev–Trinajstić information content (AvgIpc) is 2.80. The predicted molar refractivity (Wildman–Crippen MR) is 126 cm³/mol. The van der Waals surface area contributed by atoms with E-state index in [2.05, 4.69) is 5.32 Å². The number of rotatable bonds is 9. The first-order valence-electron chi connectivity index (χ1n) is 10.5. The van der Waals surface area contributed by atoms with E-state index in [1.54, 1.807) is 44.2 Å². The van der Waals surface area contributed by atoms with Crippen LogP contribution in [0.2, 0.25) is 0 Å². The standard InChI is InChI=1S/C26H27NO6/c1-26(2,15-14-23(29)30)24(19-10-12-20(13-11-19)32-17-16-28)33-25(31)27-22-9-5-7-18-6-3-4-8-21(18)22/h3-15,24,28H,16-17H2,1-2H3,(H,27,31)(H,29,30)/b15-14+/t24-/m1/s1. The SMILES string of the molecule is CC(C)(/C=C/C(=O)O)[C@H](OC(=O)Nc1cccc2ccccc12)c1ccc(OCCO)cc1.